The van der Waals surface area contributed by atoms with Gasteiger partial charge in [-0.15, -0.1) is 0 Å². The number of hydrogen-bond donors (Lipinski definition) is 1. The summed E-state index contributed by atoms with van der Waals surface area (Å²) in [5, 5.41) is 10.3. The van der Waals surface area contributed by atoms with Gasteiger partial charge in [-0.3, -0.25) is 9.80 Å². The van der Waals surface area contributed by atoms with Crippen LogP contribution >= 0.6 is 0 Å². The van der Waals surface area contributed by atoms with E-state index in [0.29, 0.717) is 39.3 Å². The number of sulfonamides is 1. The molecule has 1 N–H and O–H groups in total. The molecule has 1 atom stereocenters. The standard InChI is InChI=1S/C18H29N3O4S/c22-18(15-20-10-12-25-13-11-20)14-19-6-8-21(9-7-19)26(23,24)16-17-4-2-1-3-5-17/h1-5,18,22H,6-16H2/t18-/m1/s1. The van der Waals surface area contributed by atoms with E-state index in [1.54, 1.807) is 4.31 Å². The Morgan fingerprint density at radius 2 is 1.50 bits per heavy atom. The molecule has 2 saturated heterocycles. The molecule has 2 heterocycles. The van der Waals surface area contributed by atoms with Crippen molar-refractivity contribution in [2.45, 2.75) is 11.9 Å². The minimum absolute atomic E-state index is 0.0491. The van der Waals surface area contributed by atoms with Crippen LogP contribution in [0.1, 0.15) is 5.56 Å². The van der Waals surface area contributed by atoms with Crippen LogP contribution in [-0.4, -0.2) is 99.3 Å². The summed E-state index contributed by atoms with van der Waals surface area (Å²) >= 11 is 0. The third-order valence-electron chi connectivity index (χ3n) is 4.96. The van der Waals surface area contributed by atoms with E-state index >= 15 is 0 Å². The third kappa shape index (κ3) is 5.73. The maximum absolute atomic E-state index is 12.6. The molecular weight excluding hydrogens is 354 g/mol. The second-order valence-electron chi connectivity index (χ2n) is 7.01. The molecule has 0 unspecified atom stereocenters. The topological polar surface area (TPSA) is 73.3 Å². The van der Waals surface area contributed by atoms with Crippen molar-refractivity contribution in [3.8, 4) is 0 Å². The molecular formula is C18H29N3O4S. The van der Waals surface area contributed by atoms with E-state index in [4.69, 9.17) is 4.74 Å². The van der Waals surface area contributed by atoms with Crippen LogP contribution in [0.5, 0.6) is 0 Å². The molecule has 0 radical (unpaired) electrons. The van der Waals surface area contributed by atoms with E-state index in [9.17, 15) is 13.5 Å². The molecule has 0 saturated carbocycles. The average Bonchev–Trinajstić information content (AvgIpc) is 2.63. The third-order valence-corrected chi connectivity index (χ3v) is 6.81. The lowest BCUT2D eigenvalue weighted by Gasteiger charge is -2.36. The molecule has 0 bridgehead atoms. The molecule has 0 amide bonds. The molecule has 0 spiro atoms. The van der Waals surface area contributed by atoms with Crippen LogP contribution in [0.3, 0.4) is 0 Å². The largest absolute Gasteiger partial charge is 0.390 e. The smallest absolute Gasteiger partial charge is 0.218 e. The lowest BCUT2D eigenvalue weighted by molar-refractivity contribution is 0.00469. The van der Waals surface area contributed by atoms with Gasteiger partial charge in [-0.1, -0.05) is 30.3 Å². The first kappa shape index (κ1) is 19.7. The van der Waals surface area contributed by atoms with Gasteiger partial charge in [-0.25, -0.2) is 8.42 Å². The van der Waals surface area contributed by atoms with Gasteiger partial charge in [-0.2, -0.15) is 4.31 Å². The van der Waals surface area contributed by atoms with Crippen LogP contribution in [0.2, 0.25) is 0 Å². The minimum atomic E-state index is -3.29. The van der Waals surface area contributed by atoms with Gasteiger partial charge in [0.25, 0.3) is 0 Å². The van der Waals surface area contributed by atoms with Crippen LogP contribution in [0.15, 0.2) is 30.3 Å². The zero-order valence-corrected chi connectivity index (χ0v) is 16.0. The van der Waals surface area contributed by atoms with Gasteiger partial charge in [0.05, 0.1) is 25.1 Å². The Balaban J connectivity index is 1.43. The lowest BCUT2D eigenvalue weighted by atomic mass is 10.2. The number of β-amino-alcohol motifs (C(OH)–C–C–N with tert-alkyl or cyclic N) is 1. The van der Waals surface area contributed by atoms with Gasteiger partial charge in [0.1, 0.15) is 0 Å². The predicted octanol–water partition coefficient (Wildman–Crippen LogP) is -0.173. The van der Waals surface area contributed by atoms with E-state index in [2.05, 4.69) is 9.80 Å². The summed E-state index contributed by atoms with van der Waals surface area (Å²) in [5.74, 6) is 0.0491. The van der Waals surface area contributed by atoms with Crippen LogP contribution in [0.4, 0.5) is 0 Å². The Morgan fingerprint density at radius 3 is 2.12 bits per heavy atom. The fraction of sp³-hybridized carbons (Fsp3) is 0.667. The van der Waals surface area contributed by atoms with Crippen molar-refractivity contribution < 1.29 is 18.3 Å². The van der Waals surface area contributed by atoms with Crippen molar-refractivity contribution in [1.82, 2.24) is 14.1 Å². The van der Waals surface area contributed by atoms with E-state index < -0.39 is 16.1 Å². The van der Waals surface area contributed by atoms with Crippen molar-refractivity contribution in [3.05, 3.63) is 35.9 Å². The van der Waals surface area contributed by atoms with Crippen molar-refractivity contribution in [3.63, 3.8) is 0 Å². The Bertz CT molecular complexity index is 642. The van der Waals surface area contributed by atoms with Gasteiger partial charge in [0.15, 0.2) is 0 Å². The number of rotatable bonds is 7. The molecule has 2 fully saturated rings. The van der Waals surface area contributed by atoms with Crippen molar-refractivity contribution in [2.75, 3.05) is 65.6 Å². The number of aliphatic hydroxyl groups excluding tert-OH is 1. The Hall–Kier alpha value is -1.03. The summed E-state index contributed by atoms with van der Waals surface area (Å²) in [6.07, 6.45) is -0.416. The van der Waals surface area contributed by atoms with Crippen molar-refractivity contribution in [1.29, 1.82) is 0 Å². The maximum atomic E-state index is 12.6. The average molecular weight is 384 g/mol. The fourth-order valence-electron chi connectivity index (χ4n) is 3.50. The Morgan fingerprint density at radius 1 is 0.923 bits per heavy atom. The highest BCUT2D eigenvalue weighted by molar-refractivity contribution is 7.88. The van der Waals surface area contributed by atoms with Gasteiger partial charge in [0, 0.05) is 52.4 Å². The molecule has 26 heavy (non-hydrogen) atoms. The second-order valence-corrected chi connectivity index (χ2v) is 8.98. The molecule has 1 aromatic rings. The van der Waals surface area contributed by atoms with Crippen molar-refractivity contribution in [2.24, 2.45) is 0 Å². The zero-order valence-electron chi connectivity index (χ0n) is 15.2. The summed E-state index contributed by atoms with van der Waals surface area (Å²) < 4.78 is 32.1. The zero-order chi connectivity index (χ0) is 18.4. The molecule has 2 aliphatic rings. The molecule has 0 aromatic heterocycles. The molecule has 3 rings (SSSR count). The summed E-state index contributed by atoms with van der Waals surface area (Å²) in [4.78, 5) is 4.37. The van der Waals surface area contributed by atoms with Crippen LogP contribution < -0.4 is 0 Å². The van der Waals surface area contributed by atoms with Crippen LogP contribution in [-0.2, 0) is 20.5 Å². The SMILES string of the molecule is O=S(=O)(Cc1ccccc1)N1CCN(C[C@@H](O)CN2CCOCC2)CC1. The van der Waals surface area contributed by atoms with Gasteiger partial charge in [0.2, 0.25) is 10.0 Å². The van der Waals surface area contributed by atoms with Crippen LogP contribution in [0, 0.1) is 0 Å². The van der Waals surface area contributed by atoms with E-state index in [-0.39, 0.29) is 5.75 Å². The Labute approximate surface area is 156 Å². The van der Waals surface area contributed by atoms with Crippen LogP contribution in [0.25, 0.3) is 0 Å². The molecule has 146 valence electrons. The van der Waals surface area contributed by atoms with Gasteiger partial charge < -0.3 is 9.84 Å². The quantitative estimate of drug-likeness (QED) is 0.705. The lowest BCUT2D eigenvalue weighted by Crippen LogP contribution is -2.52. The summed E-state index contributed by atoms with van der Waals surface area (Å²) in [6.45, 7) is 6.71. The highest BCUT2D eigenvalue weighted by Gasteiger charge is 2.28. The summed E-state index contributed by atoms with van der Waals surface area (Å²) in [5.41, 5.74) is 0.816. The first-order valence-corrected chi connectivity index (χ1v) is 10.9. The first-order chi connectivity index (χ1) is 12.5. The number of benzene rings is 1. The number of morpholine rings is 1. The minimum Gasteiger partial charge on any atom is -0.390 e. The molecule has 1 aromatic carbocycles. The molecule has 8 heteroatoms. The first-order valence-electron chi connectivity index (χ1n) is 9.25. The predicted molar refractivity (Wildman–Crippen MR) is 100 cm³/mol. The summed E-state index contributed by atoms with van der Waals surface area (Å²) in [7, 11) is -3.29. The monoisotopic (exact) mass is 383 g/mol. The summed E-state index contributed by atoms with van der Waals surface area (Å²) in [6, 6.07) is 9.29. The second kappa shape index (κ2) is 9.25. The molecule has 2 aliphatic heterocycles. The number of ether oxygens (including phenoxy) is 1. The number of hydrogen-bond acceptors (Lipinski definition) is 6. The van der Waals surface area contributed by atoms with E-state index in [1.165, 1.54) is 0 Å². The normalized spacial score (nSPS) is 22.3. The van der Waals surface area contributed by atoms with E-state index in [0.717, 1.165) is 31.9 Å². The highest BCUT2D eigenvalue weighted by Crippen LogP contribution is 2.14. The number of piperazine rings is 1. The molecule has 7 nitrogen and oxygen atoms in total. The molecule has 0 aliphatic carbocycles. The van der Waals surface area contributed by atoms with E-state index in [1.807, 2.05) is 30.3 Å². The fourth-order valence-corrected chi connectivity index (χ4v) is 5.02. The van der Waals surface area contributed by atoms with Crippen molar-refractivity contribution >= 4 is 10.0 Å². The number of aliphatic hydroxyl groups is 1. The highest BCUT2D eigenvalue weighted by atomic mass is 32.2. The number of nitrogens with zero attached hydrogens (tertiary/aromatic N) is 3. The van der Waals surface area contributed by atoms with Gasteiger partial charge >= 0.3 is 0 Å². The van der Waals surface area contributed by atoms with Gasteiger partial charge in [-0.05, 0) is 5.56 Å². The maximum Gasteiger partial charge on any atom is 0.218 e. The Kier molecular flexibility index (Phi) is 7.02.